The van der Waals surface area contributed by atoms with E-state index in [2.05, 4.69) is 10.1 Å². The number of aromatic nitrogens is 3. The Morgan fingerprint density at radius 3 is 3.09 bits per heavy atom. The molecule has 0 aliphatic carbocycles. The Balaban J connectivity index is 2.86. The van der Waals surface area contributed by atoms with Gasteiger partial charge in [0.05, 0.1) is 12.4 Å². The Bertz CT molecular complexity index is 398. The van der Waals surface area contributed by atoms with Gasteiger partial charge in [-0.1, -0.05) is 4.43 Å². The maximum Gasteiger partial charge on any atom is 0.267 e. The average molecular weight is 163 g/mol. The minimum Gasteiger partial charge on any atom is -0.505 e. The second-order valence-corrected chi connectivity index (χ2v) is 3.49. The summed E-state index contributed by atoms with van der Waals surface area (Å²) in [5.74, 6) is 0.141. The van der Waals surface area contributed by atoms with E-state index in [1.807, 2.05) is 0 Å². The molecule has 0 aliphatic heterocycles. The molecule has 2 aromatic heterocycles. The monoisotopic (exact) mass is 163 g/mol. The molecule has 54 valence electrons. The predicted octanol–water partition coefficient (Wildman–Crippen LogP) is -1.31. The Kier molecular flexibility index (Phi) is 1.34. The van der Waals surface area contributed by atoms with Crippen molar-refractivity contribution in [2.24, 2.45) is 0 Å². The topological polar surface area (TPSA) is 50.4 Å². The summed E-state index contributed by atoms with van der Waals surface area (Å²) in [6.45, 7) is 0. The first-order valence-electron chi connectivity index (χ1n) is 3.26. The average Bonchev–Trinajstić information content (AvgIpc) is 2.32. The molecule has 0 radical (unpaired) electrons. The zero-order chi connectivity index (χ0) is 7.84. The van der Waals surface area contributed by atoms with E-state index < -0.39 is 0 Å². The first kappa shape index (κ1) is 6.65. The Morgan fingerprint density at radius 1 is 1.45 bits per heavy atom. The summed E-state index contributed by atoms with van der Waals surface area (Å²) >= 11 is 0.930. The summed E-state index contributed by atoms with van der Waals surface area (Å²) < 4.78 is 2.72. The van der Waals surface area contributed by atoms with Crippen LogP contribution in [0.15, 0.2) is 18.6 Å². The fourth-order valence-electron chi connectivity index (χ4n) is 0.983. The van der Waals surface area contributed by atoms with Crippen LogP contribution in [-0.4, -0.2) is 36.0 Å². The van der Waals surface area contributed by atoms with Gasteiger partial charge in [0, 0.05) is 6.20 Å². The molecule has 2 heterocycles. The fourth-order valence-corrected chi connectivity index (χ4v) is 1.46. The van der Waals surface area contributed by atoms with Gasteiger partial charge in [-0.15, -0.1) is 0 Å². The molecular formula is C6H6AlN3O. The van der Waals surface area contributed by atoms with E-state index in [1.54, 1.807) is 16.9 Å². The van der Waals surface area contributed by atoms with Crippen molar-refractivity contribution in [1.29, 1.82) is 0 Å². The highest BCUT2D eigenvalue weighted by Gasteiger charge is 1.99. The third-order valence-corrected chi connectivity index (χ3v) is 2.22. The summed E-state index contributed by atoms with van der Waals surface area (Å²) in [7, 11) is 0. The second kappa shape index (κ2) is 2.22. The lowest BCUT2D eigenvalue weighted by Gasteiger charge is -1.93. The summed E-state index contributed by atoms with van der Waals surface area (Å²) in [5, 5.41) is 13.0. The molecule has 5 heteroatoms. The van der Waals surface area contributed by atoms with Crippen LogP contribution in [0.1, 0.15) is 0 Å². The van der Waals surface area contributed by atoms with Crippen molar-refractivity contribution in [2.75, 3.05) is 0 Å². The van der Waals surface area contributed by atoms with E-state index >= 15 is 0 Å². The number of nitrogens with zero attached hydrogens (tertiary/aromatic N) is 3. The van der Waals surface area contributed by atoms with Crippen LogP contribution in [0, 0.1) is 0 Å². The van der Waals surface area contributed by atoms with Gasteiger partial charge in [0.25, 0.3) is 16.3 Å². The highest BCUT2D eigenvalue weighted by molar-refractivity contribution is 6.36. The van der Waals surface area contributed by atoms with Crippen LogP contribution < -0.4 is 4.43 Å². The molecule has 0 aliphatic rings. The maximum absolute atomic E-state index is 9.03. The first-order valence-corrected chi connectivity index (χ1v) is 4.26. The molecule has 1 N–H and O–H groups in total. The van der Waals surface area contributed by atoms with E-state index in [9.17, 15) is 0 Å². The van der Waals surface area contributed by atoms with Crippen molar-refractivity contribution < 1.29 is 5.11 Å². The van der Waals surface area contributed by atoms with Gasteiger partial charge in [-0.25, -0.2) is 9.50 Å². The van der Waals surface area contributed by atoms with E-state index in [-0.39, 0.29) is 5.75 Å². The third kappa shape index (κ3) is 0.986. The van der Waals surface area contributed by atoms with Gasteiger partial charge < -0.3 is 5.11 Å². The van der Waals surface area contributed by atoms with E-state index in [0.29, 0.717) is 0 Å². The lowest BCUT2D eigenvalue weighted by Crippen LogP contribution is -2.01. The molecule has 2 rings (SSSR count). The summed E-state index contributed by atoms with van der Waals surface area (Å²) in [4.78, 5) is 4.03. The van der Waals surface area contributed by atoms with Gasteiger partial charge in [0.2, 0.25) is 0 Å². The Morgan fingerprint density at radius 2 is 2.27 bits per heavy atom. The number of hydrogen-bond acceptors (Lipinski definition) is 3. The minimum absolute atomic E-state index is 0.141. The largest absolute Gasteiger partial charge is 0.505 e. The van der Waals surface area contributed by atoms with E-state index in [0.717, 1.165) is 26.4 Å². The number of aromatic hydroxyl groups is 1. The van der Waals surface area contributed by atoms with Crippen molar-refractivity contribution in [3.63, 3.8) is 0 Å². The SMILES string of the molecule is Oc1cnc2[c]([AlH2])cnn2c1. The van der Waals surface area contributed by atoms with E-state index in [1.165, 1.54) is 6.20 Å². The predicted molar refractivity (Wildman–Crippen MR) is 42.8 cm³/mol. The zero-order valence-corrected chi connectivity index (χ0v) is 8.02. The molecule has 11 heavy (non-hydrogen) atoms. The number of hydrogen-bond donors (Lipinski definition) is 1. The van der Waals surface area contributed by atoms with Crippen LogP contribution in [0.25, 0.3) is 5.65 Å². The van der Waals surface area contributed by atoms with Gasteiger partial charge in [-0.3, -0.25) is 0 Å². The van der Waals surface area contributed by atoms with Crippen molar-refractivity contribution in [1.82, 2.24) is 14.6 Å². The van der Waals surface area contributed by atoms with Crippen LogP contribution in [-0.2, 0) is 0 Å². The van der Waals surface area contributed by atoms with Gasteiger partial charge >= 0.3 is 0 Å². The van der Waals surface area contributed by atoms with Crippen molar-refractivity contribution in [3.05, 3.63) is 18.6 Å². The summed E-state index contributed by atoms with van der Waals surface area (Å²) in [5.41, 5.74) is 0.842. The Hall–Kier alpha value is -1.05. The van der Waals surface area contributed by atoms with Crippen molar-refractivity contribution in [2.45, 2.75) is 0 Å². The van der Waals surface area contributed by atoms with Gasteiger partial charge in [-0.2, -0.15) is 5.10 Å². The molecule has 0 amide bonds. The number of fused-ring (bicyclic) bond motifs is 1. The lowest BCUT2D eigenvalue weighted by molar-refractivity contribution is 0.467. The lowest BCUT2D eigenvalue weighted by atomic mass is 10.6. The summed E-state index contributed by atoms with van der Waals surface area (Å²) in [6, 6.07) is 0. The maximum atomic E-state index is 9.03. The van der Waals surface area contributed by atoms with Crippen molar-refractivity contribution >= 4 is 26.4 Å². The molecule has 0 atom stereocenters. The molecule has 4 nitrogen and oxygen atoms in total. The molecule has 0 saturated heterocycles. The van der Waals surface area contributed by atoms with Crippen molar-refractivity contribution in [3.8, 4) is 5.75 Å². The smallest absolute Gasteiger partial charge is 0.267 e. The van der Waals surface area contributed by atoms with Crippen LogP contribution >= 0.6 is 0 Å². The van der Waals surface area contributed by atoms with Crippen LogP contribution in [0.2, 0.25) is 0 Å². The van der Waals surface area contributed by atoms with Gasteiger partial charge in [0.1, 0.15) is 5.65 Å². The minimum atomic E-state index is 0.141. The molecule has 0 saturated carbocycles. The zero-order valence-electron chi connectivity index (χ0n) is 6.02. The molecule has 0 fully saturated rings. The second-order valence-electron chi connectivity index (χ2n) is 2.41. The first-order chi connectivity index (χ1) is 5.27. The highest BCUT2D eigenvalue weighted by atomic mass is 27.0. The molecule has 0 spiro atoms. The normalized spacial score (nSPS) is 10.5. The standard InChI is InChI=1S/C6H4N3O.Al.2H/c10-5-3-7-6-1-2-8-9(6)4-5;;;/h2-4,10H;;;. The molecule has 2 aromatic rings. The van der Waals surface area contributed by atoms with Crippen LogP contribution in [0.3, 0.4) is 0 Å². The molecular weight excluding hydrogens is 157 g/mol. The molecule has 0 aromatic carbocycles. The van der Waals surface area contributed by atoms with Gasteiger partial charge in [0.15, 0.2) is 5.75 Å². The highest BCUT2D eigenvalue weighted by Crippen LogP contribution is 2.04. The fraction of sp³-hybridized carbons (Fsp3) is 0. The van der Waals surface area contributed by atoms with Crippen LogP contribution in [0.5, 0.6) is 5.75 Å². The summed E-state index contributed by atoms with van der Waals surface area (Å²) in [6.07, 6.45) is 4.75. The number of rotatable bonds is 0. The van der Waals surface area contributed by atoms with Gasteiger partial charge in [-0.05, 0) is 0 Å². The third-order valence-electron chi connectivity index (χ3n) is 1.52. The van der Waals surface area contributed by atoms with Crippen LogP contribution in [0.4, 0.5) is 0 Å². The Labute approximate surface area is 70.9 Å². The quantitative estimate of drug-likeness (QED) is 0.491. The molecule has 0 bridgehead atoms. The molecule has 0 unspecified atom stereocenters. The van der Waals surface area contributed by atoms with E-state index in [4.69, 9.17) is 5.11 Å².